The highest BCUT2D eigenvalue weighted by Gasteiger charge is 2.71. The molecule has 5 heteroatoms. The predicted molar refractivity (Wildman–Crippen MR) is 241 cm³/mol. The Balaban J connectivity index is 0.000000136. The quantitative estimate of drug-likeness (QED) is 0.247. The van der Waals surface area contributed by atoms with Crippen molar-refractivity contribution in [1.82, 2.24) is 0 Å². The van der Waals surface area contributed by atoms with Crippen LogP contribution in [0.2, 0.25) is 0 Å². The van der Waals surface area contributed by atoms with Crippen molar-refractivity contribution in [2.75, 3.05) is 13.2 Å². The number of hydrogen-bond acceptors (Lipinski definition) is 5. The fourth-order valence-electron chi connectivity index (χ4n) is 20.5. The molecule has 4 heterocycles. The minimum atomic E-state index is -0.268. The second-order valence-corrected chi connectivity index (χ2v) is 26.3. The van der Waals surface area contributed by atoms with E-state index in [4.69, 9.17) is 24.7 Å². The normalized spacial score (nSPS) is 61.3. The molecule has 4 aliphatic heterocycles. The van der Waals surface area contributed by atoms with Crippen LogP contribution in [0.15, 0.2) is 12.2 Å². The zero-order chi connectivity index (χ0) is 41.8. The van der Waals surface area contributed by atoms with E-state index in [1.807, 2.05) is 0 Å². The van der Waals surface area contributed by atoms with Crippen LogP contribution in [0.4, 0.5) is 0 Å². The van der Waals surface area contributed by atoms with Gasteiger partial charge in [0.2, 0.25) is 0 Å². The van der Waals surface area contributed by atoms with Crippen LogP contribution in [0.1, 0.15) is 184 Å². The van der Waals surface area contributed by atoms with Gasteiger partial charge >= 0.3 is 0 Å². The van der Waals surface area contributed by atoms with E-state index in [1.54, 1.807) is 0 Å². The zero-order valence-corrected chi connectivity index (χ0v) is 39.8. The fourth-order valence-corrected chi connectivity index (χ4v) is 20.5. The molecule has 5 nitrogen and oxygen atoms in total. The Bertz CT molecular complexity index is 1650. The van der Waals surface area contributed by atoms with Crippen LogP contribution in [-0.4, -0.2) is 43.0 Å². The summed E-state index contributed by atoms with van der Waals surface area (Å²) in [6.07, 6.45) is 27.6. The topological polar surface area (TPSA) is 62.9 Å². The molecule has 4 saturated heterocycles. The second kappa shape index (κ2) is 14.5. The van der Waals surface area contributed by atoms with Crippen molar-refractivity contribution in [2.24, 2.45) is 110 Å². The Kier molecular flexibility index (Phi) is 10.2. The van der Waals surface area contributed by atoms with Gasteiger partial charge in [-0.3, -0.25) is 0 Å². The van der Waals surface area contributed by atoms with Crippen LogP contribution in [0, 0.1) is 105 Å². The van der Waals surface area contributed by atoms with E-state index in [1.165, 1.54) is 121 Å². The average Bonchev–Trinajstić information content (AvgIpc) is 3.87. The molecule has 8 saturated carbocycles. The van der Waals surface area contributed by atoms with E-state index >= 15 is 0 Å². The molecule has 12 rings (SSSR count). The predicted octanol–water partition coefficient (Wildman–Crippen LogP) is 12.7. The summed E-state index contributed by atoms with van der Waals surface area (Å²) in [6.45, 7) is 26.4. The first-order valence-electron chi connectivity index (χ1n) is 26.6. The number of allylic oxidation sites excluding steroid dienone is 1. The van der Waals surface area contributed by atoms with E-state index in [0.29, 0.717) is 75.4 Å². The summed E-state index contributed by atoms with van der Waals surface area (Å²) in [4.78, 5) is 0. The smallest absolute Gasteiger partial charge is 0.171 e. The third-order valence-electron chi connectivity index (χ3n) is 23.9. The Hall–Kier alpha value is -0.460. The molecular formula is C55H89NO4. The molecule has 60 heavy (non-hydrogen) atoms. The molecule has 2 N–H and O–H groups in total. The van der Waals surface area contributed by atoms with Gasteiger partial charge in [0.05, 0.1) is 25.4 Å². The Morgan fingerprint density at radius 2 is 1.00 bits per heavy atom. The maximum atomic E-state index is 6.92. The van der Waals surface area contributed by atoms with E-state index in [0.717, 1.165) is 73.4 Å². The van der Waals surface area contributed by atoms with Gasteiger partial charge in [0.1, 0.15) is 0 Å². The SMILES string of the molecule is C=C1CC[C@@]2(C)[C@H](CC[C@@H]3[C@@H]2CC[C@]2(C)[C@@H]4[C@H](C[C@@H]32)O[C@]2(CC[C@H](C)CO2)[C@H]4C)C1.C[C@H]1CC[C@@]2(OC1)O[C@H]1C[C@H]3[C@@H]4CC[C@@H]5CC(N)CC[C@]5(C)[C@H]4CC[C@]3(C)[C@H]1[C@@H]2C. The molecule has 12 fully saturated rings. The number of rotatable bonds is 0. The van der Waals surface area contributed by atoms with Gasteiger partial charge in [-0.05, 0) is 208 Å². The van der Waals surface area contributed by atoms with Crippen LogP contribution in [0.5, 0.6) is 0 Å². The van der Waals surface area contributed by atoms with Gasteiger partial charge in [0, 0.05) is 30.7 Å². The number of fused-ring (bicyclic) bond motifs is 14. The molecule has 23 atom stereocenters. The summed E-state index contributed by atoms with van der Waals surface area (Å²) >= 11 is 0. The zero-order valence-electron chi connectivity index (χ0n) is 39.8. The van der Waals surface area contributed by atoms with Crippen LogP contribution < -0.4 is 5.73 Å². The molecule has 2 spiro atoms. The molecule has 0 aromatic heterocycles. The molecule has 1 unspecified atom stereocenters. The Morgan fingerprint density at radius 3 is 1.50 bits per heavy atom. The van der Waals surface area contributed by atoms with E-state index in [-0.39, 0.29) is 11.6 Å². The highest BCUT2D eigenvalue weighted by Crippen LogP contribution is 2.73. The number of nitrogens with two attached hydrogens (primary N) is 1. The van der Waals surface area contributed by atoms with E-state index < -0.39 is 0 Å². The summed E-state index contributed by atoms with van der Waals surface area (Å²) in [7, 11) is 0. The van der Waals surface area contributed by atoms with Gasteiger partial charge in [0.25, 0.3) is 0 Å². The van der Waals surface area contributed by atoms with E-state index in [2.05, 4.69) is 62.0 Å². The lowest BCUT2D eigenvalue weighted by Crippen LogP contribution is -2.55. The molecule has 338 valence electrons. The largest absolute Gasteiger partial charge is 0.349 e. The highest BCUT2D eigenvalue weighted by molar-refractivity contribution is 5.18. The second-order valence-electron chi connectivity index (χ2n) is 26.3. The minimum Gasteiger partial charge on any atom is -0.349 e. The summed E-state index contributed by atoms with van der Waals surface area (Å²) in [5, 5.41) is 0. The van der Waals surface area contributed by atoms with Gasteiger partial charge < -0.3 is 24.7 Å². The minimum absolute atomic E-state index is 0.264. The molecule has 0 aromatic rings. The maximum absolute atomic E-state index is 6.92. The first kappa shape index (κ1) is 42.2. The first-order chi connectivity index (χ1) is 28.5. The summed E-state index contributed by atoms with van der Waals surface area (Å²) in [5.74, 6) is 10.6. The van der Waals surface area contributed by atoms with Gasteiger partial charge in [0.15, 0.2) is 11.6 Å². The van der Waals surface area contributed by atoms with Crippen LogP contribution >= 0.6 is 0 Å². The lowest BCUT2D eigenvalue weighted by molar-refractivity contribution is -0.273. The van der Waals surface area contributed by atoms with Gasteiger partial charge in [-0.15, -0.1) is 0 Å². The van der Waals surface area contributed by atoms with Crippen molar-refractivity contribution < 1.29 is 18.9 Å². The van der Waals surface area contributed by atoms with Crippen LogP contribution in [0.25, 0.3) is 0 Å². The lowest BCUT2D eigenvalue weighted by atomic mass is 9.44. The van der Waals surface area contributed by atoms with Crippen molar-refractivity contribution in [2.45, 2.75) is 214 Å². The number of ether oxygens (including phenoxy) is 4. The van der Waals surface area contributed by atoms with Crippen LogP contribution in [0.3, 0.4) is 0 Å². The molecule has 0 aromatic carbocycles. The fraction of sp³-hybridized carbons (Fsp3) is 0.964. The summed E-state index contributed by atoms with van der Waals surface area (Å²) < 4.78 is 26.8. The number of hydrogen-bond donors (Lipinski definition) is 1. The standard InChI is InChI=1S/C28H44O2.C27H45NO2/c1-17-8-11-26(4)20(14-17)6-7-21-22(26)10-12-27(5)23(21)15-24-25(27)19(3)28(30-24)13-9-18(2)16-29-28;1-16-7-12-27(29-15-16)17(2)24-23(30-27)14-22-20-6-5-18-13-19(28)8-10-25(18,3)21(20)9-11-26(22,24)4/h18-25H,1,6-16H2,2-5H3;16-24H,5-15,28H2,1-4H3/t18-,19-,20+,21+,22-,23-,24-,25-,26-,27-,28+;16-,17-,18+,19?,20+,21-,22-,23-,24-,25-,26-,27+/m00/s1. The lowest BCUT2D eigenvalue weighted by Gasteiger charge is -2.61. The van der Waals surface area contributed by atoms with Crippen molar-refractivity contribution >= 4 is 0 Å². The third-order valence-corrected chi connectivity index (χ3v) is 23.9. The summed E-state index contributed by atoms with van der Waals surface area (Å²) in [6, 6.07) is 0.461. The van der Waals surface area contributed by atoms with Crippen molar-refractivity contribution in [1.29, 1.82) is 0 Å². The van der Waals surface area contributed by atoms with Gasteiger partial charge in [-0.1, -0.05) is 67.5 Å². The summed E-state index contributed by atoms with van der Waals surface area (Å²) in [5.41, 5.74) is 9.96. The first-order valence-corrected chi connectivity index (χ1v) is 26.6. The van der Waals surface area contributed by atoms with E-state index in [9.17, 15) is 0 Å². The molecule has 0 radical (unpaired) electrons. The molecular weight excluding hydrogens is 739 g/mol. The Morgan fingerprint density at radius 1 is 0.517 bits per heavy atom. The Labute approximate surface area is 366 Å². The molecule has 12 aliphatic rings. The molecule has 0 bridgehead atoms. The molecule has 0 amide bonds. The average molecular weight is 828 g/mol. The monoisotopic (exact) mass is 828 g/mol. The molecule has 8 aliphatic carbocycles. The van der Waals surface area contributed by atoms with Gasteiger partial charge in [-0.2, -0.15) is 0 Å². The third kappa shape index (κ3) is 5.97. The maximum Gasteiger partial charge on any atom is 0.171 e. The van der Waals surface area contributed by atoms with Crippen LogP contribution in [-0.2, 0) is 18.9 Å². The highest BCUT2D eigenvalue weighted by atomic mass is 16.7. The van der Waals surface area contributed by atoms with Crippen molar-refractivity contribution in [3.8, 4) is 0 Å². The van der Waals surface area contributed by atoms with Crippen molar-refractivity contribution in [3.63, 3.8) is 0 Å². The van der Waals surface area contributed by atoms with Crippen molar-refractivity contribution in [3.05, 3.63) is 12.2 Å². The van der Waals surface area contributed by atoms with Gasteiger partial charge in [-0.25, -0.2) is 0 Å².